The van der Waals surface area contributed by atoms with Crippen LogP contribution in [-0.4, -0.2) is 12.6 Å². The third-order valence-electron chi connectivity index (χ3n) is 3.62. The first-order valence-corrected chi connectivity index (χ1v) is 5.92. The lowest BCUT2D eigenvalue weighted by molar-refractivity contribution is 0.528. The highest BCUT2D eigenvalue weighted by molar-refractivity contribution is 5.32. The molecule has 1 N–H and O–H groups in total. The van der Waals surface area contributed by atoms with E-state index < -0.39 is 0 Å². The monoisotopic (exact) mass is 203 g/mol. The maximum absolute atomic E-state index is 3.53. The minimum atomic E-state index is 0.434. The van der Waals surface area contributed by atoms with E-state index in [4.69, 9.17) is 0 Å². The Bertz CT molecular complexity index is 317. The number of rotatable bonds is 4. The van der Waals surface area contributed by atoms with Crippen LogP contribution >= 0.6 is 0 Å². The van der Waals surface area contributed by atoms with Gasteiger partial charge in [0.25, 0.3) is 0 Å². The van der Waals surface area contributed by atoms with Crippen LogP contribution in [0.4, 0.5) is 0 Å². The van der Waals surface area contributed by atoms with E-state index in [1.807, 2.05) is 0 Å². The van der Waals surface area contributed by atoms with Gasteiger partial charge in [-0.15, -0.1) is 0 Å². The molecule has 2 unspecified atom stereocenters. The van der Waals surface area contributed by atoms with Gasteiger partial charge in [-0.25, -0.2) is 0 Å². The Labute approximate surface area is 92.9 Å². The van der Waals surface area contributed by atoms with Gasteiger partial charge >= 0.3 is 0 Å². The van der Waals surface area contributed by atoms with Crippen molar-refractivity contribution < 1.29 is 0 Å². The van der Waals surface area contributed by atoms with E-state index in [-0.39, 0.29) is 0 Å². The Morgan fingerprint density at radius 2 is 2.00 bits per heavy atom. The van der Waals surface area contributed by atoms with Crippen LogP contribution in [0.5, 0.6) is 0 Å². The normalized spacial score (nSPS) is 29.5. The molecule has 0 radical (unpaired) electrons. The van der Waals surface area contributed by atoms with Crippen molar-refractivity contribution in [3.8, 4) is 0 Å². The van der Waals surface area contributed by atoms with E-state index in [2.05, 4.69) is 56.4 Å². The van der Waals surface area contributed by atoms with E-state index in [1.54, 1.807) is 0 Å². The second-order valence-corrected chi connectivity index (χ2v) is 5.25. The molecule has 1 nitrogen and oxygen atoms in total. The quantitative estimate of drug-likeness (QED) is 0.793. The van der Waals surface area contributed by atoms with E-state index in [0.717, 1.165) is 12.5 Å². The first-order valence-electron chi connectivity index (χ1n) is 5.92. The average Bonchev–Trinajstić information content (AvgIpc) is 2.90. The molecule has 0 heterocycles. The molecule has 1 fully saturated rings. The van der Waals surface area contributed by atoms with Crippen molar-refractivity contribution in [2.45, 2.75) is 38.6 Å². The number of benzene rings is 1. The molecule has 0 spiro atoms. The topological polar surface area (TPSA) is 12.0 Å². The SMILES string of the molecule is CC(C)NCC1CC1(C)c1ccccc1. The molecule has 1 aliphatic rings. The first-order chi connectivity index (χ1) is 7.13. The molecule has 15 heavy (non-hydrogen) atoms. The van der Waals surface area contributed by atoms with Crippen LogP contribution in [0.25, 0.3) is 0 Å². The van der Waals surface area contributed by atoms with Gasteiger partial charge in [-0.3, -0.25) is 0 Å². The molecule has 2 atom stereocenters. The maximum Gasteiger partial charge on any atom is 0.00104 e. The molecule has 1 aliphatic carbocycles. The number of hydrogen-bond acceptors (Lipinski definition) is 1. The molecule has 0 saturated heterocycles. The molecule has 0 aliphatic heterocycles. The summed E-state index contributed by atoms with van der Waals surface area (Å²) in [5.41, 5.74) is 1.93. The molecule has 0 bridgehead atoms. The summed E-state index contributed by atoms with van der Waals surface area (Å²) in [5.74, 6) is 0.822. The first kappa shape index (κ1) is 10.7. The fourth-order valence-corrected chi connectivity index (χ4v) is 2.30. The summed E-state index contributed by atoms with van der Waals surface area (Å²) in [6.45, 7) is 7.96. The summed E-state index contributed by atoms with van der Waals surface area (Å²) in [7, 11) is 0. The Morgan fingerprint density at radius 3 is 2.60 bits per heavy atom. The van der Waals surface area contributed by atoms with Crippen LogP contribution < -0.4 is 5.32 Å². The summed E-state index contributed by atoms with van der Waals surface area (Å²) < 4.78 is 0. The highest BCUT2D eigenvalue weighted by atomic mass is 14.9. The minimum absolute atomic E-state index is 0.434. The van der Waals surface area contributed by atoms with Crippen molar-refractivity contribution in [2.24, 2.45) is 5.92 Å². The lowest BCUT2D eigenvalue weighted by Gasteiger charge is -2.13. The highest BCUT2D eigenvalue weighted by Crippen LogP contribution is 2.53. The summed E-state index contributed by atoms with van der Waals surface area (Å²) in [5, 5.41) is 3.53. The second-order valence-electron chi connectivity index (χ2n) is 5.25. The molecular formula is C14H21N. The third-order valence-corrected chi connectivity index (χ3v) is 3.62. The Balaban J connectivity index is 1.95. The summed E-state index contributed by atoms with van der Waals surface area (Å²) >= 11 is 0. The van der Waals surface area contributed by atoms with E-state index in [1.165, 1.54) is 12.0 Å². The van der Waals surface area contributed by atoms with E-state index in [9.17, 15) is 0 Å². The molecule has 1 aromatic carbocycles. The molecule has 0 amide bonds. The Kier molecular flexibility index (Phi) is 2.83. The fourth-order valence-electron chi connectivity index (χ4n) is 2.30. The molecule has 82 valence electrons. The fraction of sp³-hybridized carbons (Fsp3) is 0.571. The minimum Gasteiger partial charge on any atom is -0.314 e. The zero-order chi connectivity index (χ0) is 10.9. The van der Waals surface area contributed by atoms with Crippen LogP contribution in [-0.2, 0) is 5.41 Å². The van der Waals surface area contributed by atoms with Crippen LogP contribution in [0.1, 0.15) is 32.8 Å². The standard InChI is InChI=1S/C14H21N/c1-11(2)15-10-13-9-14(13,3)12-7-5-4-6-8-12/h4-8,11,13,15H,9-10H2,1-3H3. The molecule has 1 heteroatoms. The molecule has 2 rings (SSSR count). The molecule has 1 saturated carbocycles. The van der Waals surface area contributed by atoms with Crippen molar-refractivity contribution >= 4 is 0 Å². The Morgan fingerprint density at radius 1 is 1.33 bits per heavy atom. The predicted molar refractivity (Wildman–Crippen MR) is 65.0 cm³/mol. The number of nitrogens with one attached hydrogen (secondary N) is 1. The summed E-state index contributed by atoms with van der Waals surface area (Å²) in [6, 6.07) is 11.5. The average molecular weight is 203 g/mol. The van der Waals surface area contributed by atoms with Gasteiger partial charge in [0.05, 0.1) is 0 Å². The molecule has 0 aromatic heterocycles. The Hall–Kier alpha value is -0.820. The van der Waals surface area contributed by atoms with Gasteiger partial charge in [0.15, 0.2) is 0 Å². The van der Waals surface area contributed by atoms with Crippen LogP contribution in [0.3, 0.4) is 0 Å². The molecule has 1 aromatic rings. The number of hydrogen-bond donors (Lipinski definition) is 1. The second kappa shape index (κ2) is 3.97. The highest BCUT2D eigenvalue weighted by Gasteiger charge is 2.50. The van der Waals surface area contributed by atoms with Crippen molar-refractivity contribution in [3.05, 3.63) is 35.9 Å². The largest absolute Gasteiger partial charge is 0.314 e. The van der Waals surface area contributed by atoms with E-state index >= 15 is 0 Å². The van der Waals surface area contributed by atoms with Gasteiger partial charge < -0.3 is 5.32 Å². The zero-order valence-electron chi connectivity index (χ0n) is 9.96. The van der Waals surface area contributed by atoms with E-state index in [0.29, 0.717) is 11.5 Å². The van der Waals surface area contributed by atoms with Gasteiger partial charge in [0, 0.05) is 6.04 Å². The van der Waals surface area contributed by atoms with Crippen molar-refractivity contribution in [1.29, 1.82) is 0 Å². The van der Waals surface area contributed by atoms with Crippen molar-refractivity contribution in [1.82, 2.24) is 5.32 Å². The van der Waals surface area contributed by atoms with Gasteiger partial charge in [-0.1, -0.05) is 51.1 Å². The van der Waals surface area contributed by atoms with Crippen molar-refractivity contribution in [3.63, 3.8) is 0 Å². The predicted octanol–water partition coefficient (Wildman–Crippen LogP) is 2.96. The zero-order valence-corrected chi connectivity index (χ0v) is 9.96. The maximum atomic E-state index is 3.53. The van der Waals surface area contributed by atoms with Crippen molar-refractivity contribution in [2.75, 3.05) is 6.54 Å². The van der Waals surface area contributed by atoms with Crippen LogP contribution in [0.15, 0.2) is 30.3 Å². The molecular weight excluding hydrogens is 182 g/mol. The van der Waals surface area contributed by atoms with Crippen LogP contribution in [0, 0.1) is 5.92 Å². The van der Waals surface area contributed by atoms with Gasteiger partial charge in [-0.05, 0) is 29.9 Å². The van der Waals surface area contributed by atoms with Gasteiger partial charge in [0.1, 0.15) is 0 Å². The smallest absolute Gasteiger partial charge is 0.00104 e. The summed E-state index contributed by atoms with van der Waals surface area (Å²) in [6.07, 6.45) is 1.33. The lowest BCUT2D eigenvalue weighted by Crippen LogP contribution is -2.26. The summed E-state index contributed by atoms with van der Waals surface area (Å²) in [4.78, 5) is 0. The van der Waals surface area contributed by atoms with Gasteiger partial charge in [0.2, 0.25) is 0 Å². The lowest BCUT2D eigenvalue weighted by atomic mass is 9.95. The van der Waals surface area contributed by atoms with Crippen LogP contribution in [0.2, 0.25) is 0 Å². The van der Waals surface area contributed by atoms with Gasteiger partial charge in [-0.2, -0.15) is 0 Å². The third kappa shape index (κ3) is 2.23.